The molecule has 0 saturated heterocycles. The highest BCUT2D eigenvalue weighted by Crippen LogP contribution is 2.23. The van der Waals surface area contributed by atoms with Crippen molar-refractivity contribution in [2.45, 2.75) is 52.2 Å². The van der Waals surface area contributed by atoms with Crippen LogP contribution in [0.5, 0.6) is 5.88 Å². The lowest BCUT2D eigenvalue weighted by Gasteiger charge is -2.13. The van der Waals surface area contributed by atoms with E-state index < -0.39 is 0 Å². The van der Waals surface area contributed by atoms with Crippen molar-refractivity contribution in [1.29, 1.82) is 0 Å². The molecule has 2 rings (SSSR count). The van der Waals surface area contributed by atoms with Crippen molar-refractivity contribution in [2.24, 2.45) is 5.92 Å². The molecular weight excluding hydrogens is 240 g/mol. The molecule has 0 radical (unpaired) electrons. The van der Waals surface area contributed by atoms with Crippen molar-refractivity contribution in [3.05, 3.63) is 23.9 Å². The summed E-state index contributed by atoms with van der Waals surface area (Å²) in [6.45, 7) is 4.30. The molecule has 1 heterocycles. The number of pyridine rings is 1. The first-order valence-corrected chi connectivity index (χ1v) is 7.04. The second kappa shape index (κ2) is 6.55. The molecule has 0 aromatic carbocycles. The van der Waals surface area contributed by atoms with E-state index in [0.29, 0.717) is 18.5 Å². The molecule has 0 atom stereocenters. The number of hydrogen-bond donors (Lipinski definition) is 1. The largest absolute Gasteiger partial charge is 0.474 e. The van der Waals surface area contributed by atoms with E-state index >= 15 is 0 Å². The lowest BCUT2D eigenvalue weighted by Crippen LogP contribution is -2.27. The predicted octanol–water partition coefficient (Wildman–Crippen LogP) is 2.68. The van der Waals surface area contributed by atoms with Gasteiger partial charge in [-0.05, 0) is 37.3 Å². The maximum Gasteiger partial charge on any atom is 0.222 e. The van der Waals surface area contributed by atoms with E-state index in [1.54, 1.807) is 6.20 Å². The SMILES string of the molecule is CC(C)C(=O)NCc1ccnc(OC2CCCC2)c1. The molecule has 19 heavy (non-hydrogen) atoms. The maximum atomic E-state index is 11.5. The van der Waals surface area contributed by atoms with Crippen LogP contribution in [0.2, 0.25) is 0 Å². The van der Waals surface area contributed by atoms with Crippen LogP contribution in [0, 0.1) is 5.92 Å². The Morgan fingerprint density at radius 2 is 2.21 bits per heavy atom. The van der Waals surface area contributed by atoms with Crippen LogP contribution in [-0.4, -0.2) is 17.0 Å². The topological polar surface area (TPSA) is 51.2 Å². The average Bonchev–Trinajstić information content (AvgIpc) is 2.89. The monoisotopic (exact) mass is 262 g/mol. The van der Waals surface area contributed by atoms with Crippen molar-refractivity contribution < 1.29 is 9.53 Å². The fourth-order valence-electron chi connectivity index (χ4n) is 2.20. The lowest BCUT2D eigenvalue weighted by atomic mass is 10.2. The van der Waals surface area contributed by atoms with Crippen LogP contribution in [0.1, 0.15) is 45.1 Å². The first-order chi connectivity index (χ1) is 9.15. The van der Waals surface area contributed by atoms with Gasteiger partial charge < -0.3 is 10.1 Å². The number of aromatic nitrogens is 1. The van der Waals surface area contributed by atoms with E-state index in [-0.39, 0.29) is 11.8 Å². The zero-order valence-corrected chi connectivity index (χ0v) is 11.7. The molecule has 1 saturated carbocycles. The molecule has 1 amide bonds. The maximum absolute atomic E-state index is 11.5. The highest BCUT2D eigenvalue weighted by molar-refractivity contribution is 5.77. The molecule has 0 spiro atoms. The number of carbonyl (C=O) groups is 1. The summed E-state index contributed by atoms with van der Waals surface area (Å²) in [4.78, 5) is 15.8. The molecule has 1 aliphatic carbocycles. The molecule has 1 N–H and O–H groups in total. The third kappa shape index (κ3) is 4.23. The first kappa shape index (κ1) is 13.8. The van der Waals surface area contributed by atoms with Crippen LogP contribution in [0.25, 0.3) is 0 Å². The normalized spacial score (nSPS) is 15.7. The highest BCUT2D eigenvalue weighted by atomic mass is 16.5. The van der Waals surface area contributed by atoms with Crippen molar-refractivity contribution >= 4 is 5.91 Å². The Morgan fingerprint density at radius 3 is 2.89 bits per heavy atom. The van der Waals surface area contributed by atoms with Gasteiger partial charge in [0.1, 0.15) is 6.10 Å². The Hall–Kier alpha value is -1.58. The van der Waals surface area contributed by atoms with Gasteiger partial charge in [0.15, 0.2) is 0 Å². The van der Waals surface area contributed by atoms with Crippen LogP contribution in [0.15, 0.2) is 18.3 Å². The van der Waals surface area contributed by atoms with Gasteiger partial charge in [-0.15, -0.1) is 0 Å². The number of rotatable bonds is 5. The van der Waals surface area contributed by atoms with Crippen LogP contribution in [0.3, 0.4) is 0 Å². The quantitative estimate of drug-likeness (QED) is 0.887. The van der Waals surface area contributed by atoms with Gasteiger partial charge in [-0.3, -0.25) is 4.79 Å². The smallest absolute Gasteiger partial charge is 0.222 e. The summed E-state index contributed by atoms with van der Waals surface area (Å²) in [5.74, 6) is 0.745. The van der Waals surface area contributed by atoms with E-state index in [0.717, 1.165) is 18.4 Å². The minimum Gasteiger partial charge on any atom is -0.474 e. The van der Waals surface area contributed by atoms with Gasteiger partial charge in [0.2, 0.25) is 11.8 Å². The number of hydrogen-bond acceptors (Lipinski definition) is 3. The summed E-state index contributed by atoms with van der Waals surface area (Å²) < 4.78 is 5.85. The summed E-state index contributed by atoms with van der Waals surface area (Å²) in [6.07, 6.45) is 6.78. The summed E-state index contributed by atoms with van der Waals surface area (Å²) in [5, 5.41) is 2.90. The number of amides is 1. The van der Waals surface area contributed by atoms with Crippen LogP contribution in [0.4, 0.5) is 0 Å². The molecular formula is C15H22N2O2. The average molecular weight is 262 g/mol. The highest BCUT2D eigenvalue weighted by Gasteiger charge is 2.17. The van der Waals surface area contributed by atoms with Gasteiger partial charge in [0, 0.05) is 24.7 Å². The number of nitrogens with zero attached hydrogens (tertiary/aromatic N) is 1. The molecule has 4 nitrogen and oxygen atoms in total. The third-order valence-corrected chi connectivity index (χ3v) is 3.38. The molecule has 1 aromatic heterocycles. The Balaban J connectivity index is 1.89. The minimum atomic E-state index is 0.0102. The Bertz CT molecular complexity index is 426. The van der Waals surface area contributed by atoms with Gasteiger partial charge in [-0.25, -0.2) is 4.98 Å². The van der Waals surface area contributed by atoms with Crippen LogP contribution < -0.4 is 10.1 Å². The van der Waals surface area contributed by atoms with Crippen LogP contribution in [-0.2, 0) is 11.3 Å². The summed E-state index contributed by atoms with van der Waals surface area (Å²) >= 11 is 0. The van der Waals surface area contributed by atoms with E-state index in [1.165, 1.54) is 12.8 Å². The van der Waals surface area contributed by atoms with Gasteiger partial charge in [-0.2, -0.15) is 0 Å². The zero-order valence-electron chi connectivity index (χ0n) is 11.7. The molecule has 0 unspecified atom stereocenters. The molecule has 4 heteroatoms. The number of carbonyl (C=O) groups excluding carboxylic acids is 1. The summed E-state index contributed by atoms with van der Waals surface area (Å²) in [5.41, 5.74) is 1.02. The second-order valence-corrected chi connectivity index (χ2v) is 5.40. The van der Waals surface area contributed by atoms with E-state index in [2.05, 4.69) is 10.3 Å². The van der Waals surface area contributed by atoms with Crippen molar-refractivity contribution in [2.75, 3.05) is 0 Å². The standard InChI is InChI=1S/C15H22N2O2/c1-11(2)15(18)17-10-12-7-8-16-14(9-12)19-13-5-3-4-6-13/h7-9,11,13H,3-6,10H2,1-2H3,(H,17,18). The van der Waals surface area contributed by atoms with Crippen molar-refractivity contribution in [3.63, 3.8) is 0 Å². The van der Waals surface area contributed by atoms with E-state index in [1.807, 2.05) is 26.0 Å². The van der Waals surface area contributed by atoms with Gasteiger partial charge >= 0.3 is 0 Å². The fourth-order valence-corrected chi connectivity index (χ4v) is 2.20. The molecule has 1 fully saturated rings. The minimum absolute atomic E-state index is 0.0102. The number of ether oxygens (including phenoxy) is 1. The van der Waals surface area contributed by atoms with Gasteiger partial charge in [-0.1, -0.05) is 13.8 Å². The molecule has 1 aromatic rings. The van der Waals surface area contributed by atoms with E-state index in [9.17, 15) is 4.79 Å². The lowest BCUT2D eigenvalue weighted by molar-refractivity contribution is -0.124. The summed E-state index contributed by atoms with van der Waals surface area (Å²) in [6, 6.07) is 3.82. The second-order valence-electron chi connectivity index (χ2n) is 5.40. The Morgan fingerprint density at radius 1 is 1.47 bits per heavy atom. The third-order valence-electron chi connectivity index (χ3n) is 3.38. The predicted molar refractivity (Wildman–Crippen MR) is 73.8 cm³/mol. The van der Waals surface area contributed by atoms with Gasteiger partial charge in [0.25, 0.3) is 0 Å². The summed E-state index contributed by atoms with van der Waals surface area (Å²) in [7, 11) is 0. The van der Waals surface area contributed by atoms with Gasteiger partial charge in [0.05, 0.1) is 0 Å². The van der Waals surface area contributed by atoms with Crippen molar-refractivity contribution in [3.8, 4) is 5.88 Å². The van der Waals surface area contributed by atoms with Crippen LogP contribution >= 0.6 is 0 Å². The Kier molecular flexibility index (Phi) is 4.77. The number of nitrogens with one attached hydrogen (secondary N) is 1. The Labute approximate surface area is 114 Å². The molecule has 0 aliphatic heterocycles. The fraction of sp³-hybridized carbons (Fsp3) is 0.600. The van der Waals surface area contributed by atoms with Crippen molar-refractivity contribution in [1.82, 2.24) is 10.3 Å². The first-order valence-electron chi connectivity index (χ1n) is 7.04. The van der Waals surface area contributed by atoms with E-state index in [4.69, 9.17) is 4.74 Å². The molecule has 104 valence electrons. The molecule has 0 bridgehead atoms. The molecule has 1 aliphatic rings. The zero-order chi connectivity index (χ0) is 13.7.